The lowest BCUT2D eigenvalue weighted by Gasteiger charge is -2.15. The summed E-state index contributed by atoms with van der Waals surface area (Å²) in [4.78, 5) is 17.7. The average Bonchev–Trinajstić information content (AvgIpc) is 2.98. The number of pyridine rings is 1. The Bertz CT molecular complexity index is 593. The van der Waals surface area contributed by atoms with Crippen LogP contribution in [0.15, 0.2) is 35.8 Å². The summed E-state index contributed by atoms with van der Waals surface area (Å²) in [6.07, 6.45) is 2.35. The van der Waals surface area contributed by atoms with E-state index in [-0.39, 0.29) is 16.9 Å². The predicted molar refractivity (Wildman–Crippen MR) is 84.9 cm³/mol. The summed E-state index contributed by atoms with van der Waals surface area (Å²) >= 11 is 6.48. The molecule has 0 spiro atoms. The normalized spacial score (nSPS) is 11.8. The first kappa shape index (κ1) is 14.6. The van der Waals surface area contributed by atoms with Gasteiger partial charge < -0.3 is 11.1 Å². The van der Waals surface area contributed by atoms with Crippen molar-refractivity contribution in [2.45, 2.75) is 19.4 Å². The Balaban J connectivity index is 2.09. The van der Waals surface area contributed by atoms with Gasteiger partial charge in [-0.2, -0.15) is 0 Å². The summed E-state index contributed by atoms with van der Waals surface area (Å²) in [5, 5.41) is 4.98. The second kappa shape index (κ2) is 6.58. The number of nitrogens with one attached hydrogen (secondary N) is 1. The topological polar surface area (TPSA) is 68.0 Å². The van der Waals surface area contributed by atoms with Crippen LogP contribution >= 0.6 is 23.6 Å². The Labute approximate surface area is 127 Å². The van der Waals surface area contributed by atoms with Gasteiger partial charge in [-0.3, -0.25) is 9.78 Å². The van der Waals surface area contributed by atoms with Crippen molar-refractivity contribution < 1.29 is 4.79 Å². The molecule has 0 aliphatic carbocycles. The predicted octanol–water partition coefficient (Wildman–Crippen LogP) is 2.66. The van der Waals surface area contributed by atoms with Gasteiger partial charge in [-0.1, -0.05) is 25.2 Å². The van der Waals surface area contributed by atoms with Crippen LogP contribution in [0.1, 0.15) is 40.3 Å². The van der Waals surface area contributed by atoms with Crippen LogP contribution in [0.25, 0.3) is 0 Å². The average molecular weight is 305 g/mol. The molecule has 0 radical (unpaired) electrons. The van der Waals surface area contributed by atoms with Crippen molar-refractivity contribution in [2.24, 2.45) is 5.73 Å². The maximum atomic E-state index is 12.2. The van der Waals surface area contributed by atoms with Gasteiger partial charge in [0.25, 0.3) is 5.91 Å². The summed E-state index contributed by atoms with van der Waals surface area (Å²) in [6, 6.07) is 7.34. The highest BCUT2D eigenvalue weighted by atomic mass is 32.1. The van der Waals surface area contributed by atoms with Crippen LogP contribution in [0.4, 0.5) is 0 Å². The number of thiocarbonyl (C=S) groups is 1. The van der Waals surface area contributed by atoms with E-state index in [1.54, 1.807) is 23.5 Å². The standard InChI is InChI=1S/C14H15N3OS2/c1-2-10(12-4-3-7-20-12)17-14(18)11-6-5-9(8-16-11)13(15)19/h3-8,10H,2H2,1H3,(H2,15,19)(H,17,18). The molecule has 1 atom stereocenters. The van der Waals surface area contributed by atoms with Crippen molar-refractivity contribution >= 4 is 34.5 Å². The molecule has 104 valence electrons. The third-order valence-electron chi connectivity index (χ3n) is 2.88. The van der Waals surface area contributed by atoms with E-state index < -0.39 is 0 Å². The lowest BCUT2D eigenvalue weighted by Crippen LogP contribution is -2.28. The number of thiophene rings is 1. The number of carbonyl (C=O) groups excluding carboxylic acids is 1. The van der Waals surface area contributed by atoms with E-state index in [2.05, 4.69) is 10.3 Å². The number of nitrogens with two attached hydrogens (primary N) is 1. The van der Waals surface area contributed by atoms with Crippen molar-refractivity contribution in [3.63, 3.8) is 0 Å². The molecule has 1 unspecified atom stereocenters. The van der Waals surface area contributed by atoms with E-state index in [0.717, 1.165) is 11.3 Å². The summed E-state index contributed by atoms with van der Waals surface area (Å²) in [5.41, 5.74) is 6.51. The van der Waals surface area contributed by atoms with E-state index in [4.69, 9.17) is 18.0 Å². The van der Waals surface area contributed by atoms with Crippen LogP contribution in [-0.2, 0) is 0 Å². The fraction of sp³-hybridized carbons (Fsp3) is 0.214. The highest BCUT2D eigenvalue weighted by Crippen LogP contribution is 2.21. The molecule has 0 fully saturated rings. The zero-order valence-corrected chi connectivity index (χ0v) is 12.6. The van der Waals surface area contributed by atoms with Gasteiger partial charge in [0.05, 0.1) is 6.04 Å². The van der Waals surface area contributed by atoms with Crippen molar-refractivity contribution in [3.05, 3.63) is 52.0 Å². The second-order valence-corrected chi connectivity index (χ2v) is 5.67. The molecule has 0 aliphatic rings. The molecular weight excluding hydrogens is 290 g/mol. The minimum Gasteiger partial charge on any atom is -0.389 e. The van der Waals surface area contributed by atoms with Gasteiger partial charge in [0.15, 0.2) is 0 Å². The summed E-state index contributed by atoms with van der Waals surface area (Å²) in [7, 11) is 0. The van der Waals surface area contributed by atoms with Crippen LogP contribution in [0.3, 0.4) is 0 Å². The van der Waals surface area contributed by atoms with Gasteiger partial charge in [0.2, 0.25) is 0 Å². The Morgan fingerprint density at radius 3 is 2.80 bits per heavy atom. The maximum Gasteiger partial charge on any atom is 0.270 e. The molecule has 2 heterocycles. The van der Waals surface area contributed by atoms with Gasteiger partial charge in [0.1, 0.15) is 10.7 Å². The third kappa shape index (κ3) is 3.40. The van der Waals surface area contributed by atoms with Crippen molar-refractivity contribution in [1.29, 1.82) is 0 Å². The lowest BCUT2D eigenvalue weighted by molar-refractivity contribution is 0.0931. The number of carbonyl (C=O) groups is 1. The molecule has 4 nitrogen and oxygen atoms in total. The molecule has 1 amide bonds. The fourth-order valence-corrected chi connectivity index (χ4v) is 2.75. The molecule has 0 saturated carbocycles. The second-order valence-electron chi connectivity index (χ2n) is 4.25. The van der Waals surface area contributed by atoms with E-state index >= 15 is 0 Å². The molecule has 0 bridgehead atoms. The first-order valence-electron chi connectivity index (χ1n) is 6.22. The molecule has 3 N–H and O–H groups in total. The Hall–Kier alpha value is -1.79. The third-order valence-corrected chi connectivity index (χ3v) is 4.10. The summed E-state index contributed by atoms with van der Waals surface area (Å²) < 4.78 is 0. The van der Waals surface area contributed by atoms with E-state index in [1.807, 2.05) is 24.4 Å². The van der Waals surface area contributed by atoms with Crippen LogP contribution in [0.2, 0.25) is 0 Å². The van der Waals surface area contributed by atoms with Crippen LogP contribution in [0, 0.1) is 0 Å². The lowest BCUT2D eigenvalue weighted by atomic mass is 10.1. The minimum atomic E-state index is -0.195. The van der Waals surface area contributed by atoms with Gasteiger partial charge >= 0.3 is 0 Å². The Kier molecular flexibility index (Phi) is 4.81. The molecule has 0 aromatic carbocycles. The molecule has 6 heteroatoms. The quantitative estimate of drug-likeness (QED) is 0.833. The highest BCUT2D eigenvalue weighted by Gasteiger charge is 2.15. The number of amides is 1. The molecule has 0 aliphatic heterocycles. The molecule has 0 saturated heterocycles. The zero-order chi connectivity index (χ0) is 14.5. The monoisotopic (exact) mass is 305 g/mol. The van der Waals surface area contributed by atoms with Crippen molar-refractivity contribution in [3.8, 4) is 0 Å². The molecule has 2 aromatic heterocycles. The van der Waals surface area contributed by atoms with Crippen LogP contribution < -0.4 is 11.1 Å². The van der Waals surface area contributed by atoms with Crippen LogP contribution in [-0.4, -0.2) is 15.9 Å². The summed E-state index contributed by atoms with van der Waals surface area (Å²) in [5.74, 6) is -0.195. The molecule has 2 rings (SSSR count). The number of hydrogen-bond acceptors (Lipinski definition) is 4. The number of nitrogens with zero attached hydrogens (tertiary/aromatic N) is 1. The van der Waals surface area contributed by atoms with Crippen LogP contribution in [0.5, 0.6) is 0 Å². The first-order chi connectivity index (χ1) is 9.61. The minimum absolute atomic E-state index is 0.0135. The Morgan fingerprint density at radius 1 is 1.50 bits per heavy atom. The number of rotatable bonds is 5. The SMILES string of the molecule is CCC(NC(=O)c1ccc(C(N)=S)cn1)c1cccs1. The van der Waals surface area contributed by atoms with Crippen molar-refractivity contribution in [1.82, 2.24) is 10.3 Å². The zero-order valence-electron chi connectivity index (χ0n) is 11.0. The molecular formula is C14H15N3OS2. The first-order valence-corrected chi connectivity index (χ1v) is 7.50. The number of hydrogen-bond donors (Lipinski definition) is 2. The Morgan fingerprint density at radius 2 is 2.30 bits per heavy atom. The summed E-state index contributed by atoms with van der Waals surface area (Å²) in [6.45, 7) is 2.04. The molecule has 20 heavy (non-hydrogen) atoms. The van der Waals surface area contributed by atoms with E-state index in [0.29, 0.717) is 11.3 Å². The highest BCUT2D eigenvalue weighted by molar-refractivity contribution is 7.80. The van der Waals surface area contributed by atoms with Gasteiger partial charge in [-0.05, 0) is 30.0 Å². The van der Waals surface area contributed by atoms with Crippen molar-refractivity contribution in [2.75, 3.05) is 0 Å². The largest absolute Gasteiger partial charge is 0.389 e. The fourth-order valence-electron chi connectivity index (χ4n) is 1.77. The maximum absolute atomic E-state index is 12.2. The van der Waals surface area contributed by atoms with E-state index in [9.17, 15) is 4.79 Å². The van der Waals surface area contributed by atoms with Gasteiger partial charge in [-0.25, -0.2) is 0 Å². The van der Waals surface area contributed by atoms with Gasteiger partial charge in [0, 0.05) is 16.6 Å². The number of aromatic nitrogens is 1. The smallest absolute Gasteiger partial charge is 0.270 e. The van der Waals surface area contributed by atoms with E-state index in [1.165, 1.54) is 6.20 Å². The molecule has 2 aromatic rings. The van der Waals surface area contributed by atoms with Gasteiger partial charge in [-0.15, -0.1) is 11.3 Å².